The summed E-state index contributed by atoms with van der Waals surface area (Å²) in [5.41, 5.74) is 3.04. The molecule has 0 aliphatic heterocycles. The summed E-state index contributed by atoms with van der Waals surface area (Å²) in [6, 6.07) is 0. The molecule has 0 aliphatic carbocycles. The first-order valence-electron chi connectivity index (χ1n) is 6.96. The lowest BCUT2D eigenvalue weighted by Crippen LogP contribution is -2.22. The molecule has 0 fully saturated rings. The lowest BCUT2D eigenvalue weighted by molar-refractivity contribution is 0.243. The Morgan fingerprint density at radius 1 is 1.06 bits per heavy atom. The SMILES string of the molecule is C=C=P(C)(OC(C)C)[O][Al]([CH2]C(C)C)[CH2]C(C)C. The van der Waals surface area contributed by atoms with Gasteiger partial charge in [0, 0.05) is 6.66 Å². The Morgan fingerprint density at radius 2 is 1.50 bits per heavy atom. The van der Waals surface area contributed by atoms with Crippen molar-refractivity contribution in [3.8, 4) is 0 Å². The number of hydrogen-bond acceptors (Lipinski definition) is 2. The molecule has 4 heteroatoms. The van der Waals surface area contributed by atoms with Crippen LogP contribution in [0.4, 0.5) is 0 Å². The monoisotopic (exact) mass is 288 g/mol. The van der Waals surface area contributed by atoms with Gasteiger partial charge in [0.05, 0.1) is 6.10 Å². The summed E-state index contributed by atoms with van der Waals surface area (Å²) in [7, 11) is -1.97. The summed E-state index contributed by atoms with van der Waals surface area (Å²) >= 11 is -1.23. The fourth-order valence-electron chi connectivity index (χ4n) is 2.02. The smallest absolute Gasteiger partial charge is 0.457 e. The molecule has 2 nitrogen and oxygen atoms in total. The van der Waals surface area contributed by atoms with Crippen LogP contribution >= 0.6 is 7.34 Å². The third kappa shape index (κ3) is 8.60. The van der Waals surface area contributed by atoms with Crippen molar-refractivity contribution >= 4 is 27.3 Å². The summed E-state index contributed by atoms with van der Waals surface area (Å²) in [6.07, 6.45) is 0.172. The minimum absolute atomic E-state index is 0.172. The Kier molecular flexibility index (Phi) is 8.91. The highest BCUT2D eigenvalue weighted by Crippen LogP contribution is 2.47. The molecule has 18 heavy (non-hydrogen) atoms. The fraction of sp³-hybridized carbons (Fsp3) is 0.857. The Balaban J connectivity index is 4.76. The molecule has 1 atom stereocenters. The van der Waals surface area contributed by atoms with Crippen LogP contribution in [0.5, 0.6) is 0 Å². The van der Waals surface area contributed by atoms with Crippen molar-refractivity contribution in [2.24, 2.45) is 11.8 Å². The molecule has 0 aromatic carbocycles. The van der Waals surface area contributed by atoms with Gasteiger partial charge in [0.25, 0.3) is 0 Å². The molecule has 0 spiro atoms. The van der Waals surface area contributed by atoms with E-state index < -0.39 is 21.8 Å². The molecule has 106 valence electrons. The Hall–Kier alpha value is 0.532. The van der Waals surface area contributed by atoms with Crippen molar-refractivity contribution in [2.45, 2.75) is 58.2 Å². The average molecular weight is 288 g/mol. The van der Waals surface area contributed by atoms with Crippen LogP contribution in [0.25, 0.3) is 0 Å². The minimum atomic E-state index is -1.97. The second-order valence-electron chi connectivity index (χ2n) is 6.14. The highest BCUT2D eigenvalue weighted by atomic mass is 31.2. The van der Waals surface area contributed by atoms with E-state index in [1.54, 1.807) is 0 Å². The molecule has 1 unspecified atom stereocenters. The number of hydrogen-bond donors (Lipinski definition) is 0. The predicted octanol–water partition coefficient (Wildman–Crippen LogP) is 4.80. The van der Waals surface area contributed by atoms with Crippen molar-refractivity contribution in [1.82, 2.24) is 0 Å². The molecule has 0 aromatic heterocycles. The summed E-state index contributed by atoms with van der Waals surface area (Å²) in [5, 5.41) is 2.41. The molecular formula is C14H30AlO2P. The normalized spacial score (nSPS) is 15.0. The molecule has 0 amide bonds. The molecule has 0 bridgehead atoms. The minimum Gasteiger partial charge on any atom is -0.457 e. The standard InChI is InChI=1S/C6H12O2P.2C4H9.Al/c1-5-9(4,7)8-6(2)3;2*1-4(2)3;/h6H,1H2,2-4H3;2*4H,1H2,2-3H3;/q-1;;;+1. The number of rotatable bonds is 8. The van der Waals surface area contributed by atoms with Crippen LogP contribution in [0.15, 0.2) is 6.58 Å². The molecule has 0 aromatic rings. The van der Waals surface area contributed by atoms with E-state index in [-0.39, 0.29) is 6.10 Å². The van der Waals surface area contributed by atoms with E-state index in [1.807, 2.05) is 20.5 Å². The second-order valence-corrected chi connectivity index (χ2v) is 11.4. The van der Waals surface area contributed by atoms with Crippen LogP contribution in [0.3, 0.4) is 0 Å². The Morgan fingerprint density at radius 3 is 1.78 bits per heavy atom. The van der Waals surface area contributed by atoms with E-state index in [1.165, 1.54) is 10.6 Å². The summed E-state index contributed by atoms with van der Waals surface area (Å²) in [4.78, 5) is 0. The molecule has 0 saturated heterocycles. The first kappa shape index (κ1) is 18.5. The second kappa shape index (κ2) is 8.65. The zero-order valence-electron chi connectivity index (χ0n) is 13.2. The van der Waals surface area contributed by atoms with E-state index >= 15 is 0 Å². The van der Waals surface area contributed by atoms with Crippen LogP contribution in [0, 0.1) is 11.8 Å². The molecule has 0 rings (SSSR count). The molecule has 0 aliphatic rings. The van der Waals surface area contributed by atoms with E-state index in [9.17, 15) is 0 Å². The summed E-state index contributed by atoms with van der Waals surface area (Å²) < 4.78 is 12.3. The van der Waals surface area contributed by atoms with Crippen LogP contribution in [0.2, 0.25) is 10.6 Å². The van der Waals surface area contributed by atoms with Crippen LogP contribution in [0.1, 0.15) is 41.5 Å². The fourth-order valence-corrected chi connectivity index (χ4v) is 8.66. The van der Waals surface area contributed by atoms with Gasteiger partial charge in [0.1, 0.15) is 7.34 Å². The molecule has 0 radical (unpaired) electrons. The van der Waals surface area contributed by atoms with Gasteiger partial charge < -0.3 is 8.10 Å². The van der Waals surface area contributed by atoms with E-state index in [4.69, 9.17) is 8.10 Å². The van der Waals surface area contributed by atoms with Crippen molar-refractivity contribution in [2.75, 3.05) is 6.66 Å². The van der Waals surface area contributed by atoms with Crippen LogP contribution < -0.4 is 0 Å². The van der Waals surface area contributed by atoms with Gasteiger partial charge in [0.15, 0.2) is 0 Å². The third-order valence-electron chi connectivity index (χ3n) is 2.52. The zero-order valence-corrected chi connectivity index (χ0v) is 15.2. The van der Waals surface area contributed by atoms with E-state index in [2.05, 4.69) is 39.7 Å². The first-order valence-corrected chi connectivity index (χ1v) is 11.1. The van der Waals surface area contributed by atoms with E-state index in [0.29, 0.717) is 11.8 Å². The van der Waals surface area contributed by atoms with Gasteiger partial charge in [0.2, 0.25) is 0 Å². The molecule has 0 heterocycles. The van der Waals surface area contributed by atoms with Gasteiger partial charge >= 0.3 is 14.5 Å². The Labute approximate surface area is 119 Å². The van der Waals surface area contributed by atoms with Gasteiger partial charge in [-0.1, -0.05) is 62.1 Å². The van der Waals surface area contributed by atoms with Crippen LogP contribution in [-0.2, 0) is 8.10 Å². The van der Waals surface area contributed by atoms with Crippen molar-refractivity contribution in [1.29, 1.82) is 0 Å². The van der Waals surface area contributed by atoms with E-state index in [0.717, 1.165) is 0 Å². The topological polar surface area (TPSA) is 18.5 Å². The Bertz CT molecular complexity index is 297. The summed E-state index contributed by atoms with van der Waals surface area (Å²) in [5.74, 6) is 1.38. The van der Waals surface area contributed by atoms with Gasteiger partial charge in [-0.25, -0.2) is 0 Å². The lowest BCUT2D eigenvalue weighted by Gasteiger charge is -2.27. The van der Waals surface area contributed by atoms with Crippen molar-refractivity contribution in [3.63, 3.8) is 0 Å². The molecule has 0 saturated carbocycles. The molecule has 0 N–H and O–H groups in total. The quantitative estimate of drug-likeness (QED) is 0.472. The average Bonchev–Trinajstić information content (AvgIpc) is 2.13. The van der Waals surface area contributed by atoms with Gasteiger partial charge in [-0.05, 0) is 13.8 Å². The van der Waals surface area contributed by atoms with Crippen LogP contribution in [-0.4, -0.2) is 32.7 Å². The van der Waals surface area contributed by atoms with Crippen molar-refractivity contribution < 1.29 is 8.10 Å². The highest BCUT2D eigenvalue weighted by Gasteiger charge is 2.28. The maximum atomic E-state index is 6.37. The van der Waals surface area contributed by atoms with Gasteiger partial charge in [-0.15, -0.1) is 0 Å². The largest absolute Gasteiger partial charge is 0.467 e. The predicted molar refractivity (Wildman–Crippen MR) is 85.8 cm³/mol. The zero-order chi connectivity index (χ0) is 14.3. The highest BCUT2D eigenvalue weighted by molar-refractivity contribution is 7.65. The van der Waals surface area contributed by atoms with Gasteiger partial charge in [-0.3, -0.25) is 0 Å². The maximum Gasteiger partial charge on any atom is 0.467 e. The summed E-state index contributed by atoms with van der Waals surface area (Å²) in [6.45, 7) is 19.0. The first-order chi connectivity index (χ1) is 8.18. The maximum absolute atomic E-state index is 6.37. The molecular weight excluding hydrogens is 258 g/mol. The lowest BCUT2D eigenvalue weighted by atomic mass is 10.3. The third-order valence-corrected chi connectivity index (χ3v) is 9.66. The van der Waals surface area contributed by atoms with Gasteiger partial charge in [-0.2, -0.15) is 0 Å². The van der Waals surface area contributed by atoms with Crippen molar-refractivity contribution in [3.05, 3.63) is 6.58 Å².